The number of hydrogen-bond donors (Lipinski definition) is 3. The van der Waals surface area contributed by atoms with Crippen LogP contribution in [0.15, 0.2) is 48.9 Å². The highest BCUT2D eigenvalue weighted by atomic mass is 32.2. The molecule has 4 aliphatic rings. The van der Waals surface area contributed by atoms with Gasteiger partial charge in [-0.05, 0) is 57.6 Å². The van der Waals surface area contributed by atoms with Crippen LogP contribution in [0.25, 0.3) is 11.0 Å². The van der Waals surface area contributed by atoms with Crippen LogP contribution in [0.1, 0.15) is 74.0 Å². The molecule has 2 aromatic heterocycles. The number of carbonyl (C=O) groups is 4. The molecule has 274 valence electrons. The summed E-state index contributed by atoms with van der Waals surface area (Å²) in [6.07, 6.45) is 11.0. The van der Waals surface area contributed by atoms with E-state index in [9.17, 15) is 32.0 Å². The van der Waals surface area contributed by atoms with Crippen molar-refractivity contribution in [2.45, 2.75) is 93.7 Å². The number of allylic oxidation sites excluding steroid dienone is 1. The zero-order chi connectivity index (χ0) is 36.6. The van der Waals surface area contributed by atoms with E-state index in [-0.39, 0.29) is 42.9 Å². The fourth-order valence-electron chi connectivity index (χ4n) is 6.88. The van der Waals surface area contributed by atoms with Gasteiger partial charge in [-0.1, -0.05) is 31.1 Å². The van der Waals surface area contributed by atoms with E-state index in [0.29, 0.717) is 36.9 Å². The van der Waals surface area contributed by atoms with Crippen molar-refractivity contribution in [3.63, 3.8) is 0 Å². The third-order valence-electron chi connectivity index (χ3n) is 10.00. The van der Waals surface area contributed by atoms with Crippen LogP contribution in [0.3, 0.4) is 0 Å². The number of sulfonamides is 1. The van der Waals surface area contributed by atoms with Crippen molar-refractivity contribution in [1.29, 1.82) is 0 Å². The first kappa shape index (κ1) is 35.3. The average molecular weight is 735 g/mol. The number of benzene rings is 1. The number of amides is 4. The highest BCUT2D eigenvalue weighted by molar-refractivity contribution is 7.91. The third kappa shape index (κ3) is 7.31. The smallest absolute Gasteiger partial charge is 0.272 e. The molecule has 52 heavy (non-hydrogen) atoms. The molecule has 1 aromatic carbocycles. The number of carbonyl (C=O) groups excluding carboxylic acids is 4. The second-order valence-electron chi connectivity index (χ2n) is 13.8. The number of rotatable bonds is 7. The number of hydrogen-bond acceptors (Lipinski definition) is 11. The fraction of sp³-hybridized carbons (Fsp3) is 0.486. The summed E-state index contributed by atoms with van der Waals surface area (Å²) in [5.41, 5.74) is -0.827. The predicted molar refractivity (Wildman–Crippen MR) is 183 cm³/mol. The molecule has 2 aliphatic carbocycles. The van der Waals surface area contributed by atoms with Gasteiger partial charge in [0, 0.05) is 24.7 Å². The van der Waals surface area contributed by atoms with Crippen LogP contribution in [0, 0.1) is 18.7 Å². The number of halogens is 1. The molecule has 2 saturated carbocycles. The first-order chi connectivity index (χ1) is 24.9. The van der Waals surface area contributed by atoms with Crippen LogP contribution >= 0.6 is 0 Å². The van der Waals surface area contributed by atoms with Crippen LogP contribution in [-0.2, 0) is 24.4 Å². The lowest BCUT2D eigenvalue weighted by molar-refractivity contribution is -0.141. The highest BCUT2D eigenvalue weighted by Crippen LogP contribution is 2.46. The Labute approximate surface area is 299 Å². The van der Waals surface area contributed by atoms with Crippen LogP contribution < -0.4 is 20.1 Å². The van der Waals surface area contributed by atoms with Gasteiger partial charge in [0.2, 0.25) is 27.7 Å². The van der Waals surface area contributed by atoms with Gasteiger partial charge >= 0.3 is 0 Å². The lowest BCUT2D eigenvalue weighted by Gasteiger charge is -2.29. The maximum absolute atomic E-state index is 14.7. The van der Waals surface area contributed by atoms with Gasteiger partial charge in [0.1, 0.15) is 40.6 Å². The summed E-state index contributed by atoms with van der Waals surface area (Å²) in [7, 11) is -3.91. The monoisotopic (exact) mass is 734 g/mol. The summed E-state index contributed by atoms with van der Waals surface area (Å²) < 4.78 is 48.6. The van der Waals surface area contributed by atoms with E-state index in [2.05, 4.69) is 35.3 Å². The quantitative estimate of drug-likeness (QED) is 0.300. The standard InChI is InChI=1S/C35H39FN8O7S/c1-20-32(41-29-24(36)9-7-11-25(29)39-20)51-22-16-28-31(46)42-35(34(48)43-52(49,50)23-12-13-23)17-21(35)8-5-3-2-4-6-10-26(33(47)44(28)19-22)40-30(45)27-18-37-14-15-38-27/h5,7-9,11,14-15,18,21-23,26,28H,2-4,6,10,12-13,16-17,19H2,1H3,(H,40,45)(H,42,46)(H,43,48)/t21-,22-,26+,28+,35-/m1/s1. The fourth-order valence-corrected chi connectivity index (χ4v) is 8.25. The molecule has 1 saturated heterocycles. The SMILES string of the molecule is Cc1nc2cccc(F)c2nc1O[C@@H]1C[C@H]2C(=O)N[C@]3(C(=O)NS(=O)(=O)C4CC4)C[C@H]3C=CCCCCC[C@H](NC(=O)c3cnccn3)C(=O)N2C1. The topological polar surface area (TPSA) is 203 Å². The van der Waals surface area contributed by atoms with Crippen molar-refractivity contribution < 1.29 is 36.7 Å². The van der Waals surface area contributed by atoms with Crippen molar-refractivity contribution in [2.75, 3.05) is 6.54 Å². The molecule has 5 atom stereocenters. The van der Waals surface area contributed by atoms with Gasteiger partial charge in [0.25, 0.3) is 11.8 Å². The lowest BCUT2D eigenvalue weighted by atomic mass is 10.0. The third-order valence-corrected chi connectivity index (χ3v) is 11.8. The molecule has 0 radical (unpaired) electrons. The number of para-hydroxylation sites is 1. The second kappa shape index (κ2) is 14.2. The zero-order valence-corrected chi connectivity index (χ0v) is 29.3. The van der Waals surface area contributed by atoms with Crippen LogP contribution in [0.4, 0.5) is 4.39 Å². The van der Waals surface area contributed by atoms with E-state index in [1.54, 1.807) is 13.0 Å². The molecule has 0 bridgehead atoms. The Kier molecular flexibility index (Phi) is 9.63. The molecule has 0 unspecified atom stereocenters. The minimum Gasteiger partial charge on any atom is -0.471 e. The first-order valence-corrected chi connectivity index (χ1v) is 19.0. The van der Waals surface area contributed by atoms with Gasteiger partial charge in [-0.3, -0.25) is 28.9 Å². The summed E-state index contributed by atoms with van der Waals surface area (Å²) in [5, 5.41) is 4.95. The number of nitrogens with zero attached hydrogens (tertiary/aromatic N) is 5. The molecule has 2 aliphatic heterocycles. The Hall–Kier alpha value is -5.06. The van der Waals surface area contributed by atoms with Crippen LogP contribution in [-0.4, -0.2) is 92.4 Å². The largest absolute Gasteiger partial charge is 0.471 e. The van der Waals surface area contributed by atoms with Crippen molar-refractivity contribution >= 4 is 44.7 Å². The molecular weight excluding hydrogens is 695 g/mol. The van der Waals surface area contributed by atoms with Crippen LogP contribution in [0.2, 0.25) is 0 Å². The minimum atomic E-state index is -3.91. The van der Waals surface area contributed by atoms with Gasteiger partial charge in [-0.2, -0.15) is 0 Å². The molecule has 3 fully saturated rings. The minimum absolute atomic E-state index is 0.00140. The number of nitrogens with one attached hydrogen (secondary N) is 3. The summed E-state index contributed by atoms with van der Waals surface area (Å²) in [6.45, 7) is 1.54. The van der Waals surface area contributed by atoms with E-state index in [1.807, 2.05) is 12.2 Å². The van der Waals surface area contributed by atoms with E-state index >= 15 is 0 Å². The van der Waals surface area contributed by atoms with Gasteiger partial charge in [-0.15, -0.1) is 0 Å². The van der Waals surface area contributed by atoms with E-state index in [4.69, 9.17) is 4.74 Å². The maximum atomic E-state index is 14.7. The summed E-state index contributed by atoms with van der Waals surface area (Å²) >= 11 is 0. The lowest BCUT2D eigenvalue weighted by Crippen LogP contribution is -2.58. The number of ether oxygens (including phenoxy) is 1. The highest BCUT2D eigenvalue weighted by Gasteiger charge is 2.62. The molecule has 7 rings (SSSR count). The van der Waals surface area contributed by atoms with Gasteiger partial charge in [0.05, 0.1) is 23.5 Å². The van der Waals surface area contributed by atoms with Crippen molar-refractivity contribution in [1.82, 2.24) is 40.2 Å². The van der Waals surface area contributed by atoms with Gasteiger partial charge < -0.3 is 20.3 Å². The predicted octanol–water partition coefficient (Wildman–Crippen LogP) is 2.02. The van der Waals surface area contributed by atoms with E-state index in [0.717, 1.165) is 12.8 Å². The van der Waals surface area contributed by atoms with E-state index in [1.165, 1.54) is 35.6 Å². The molecule has 4 heterocycles. The summed E-state index contributed by atoms with van der Waals surface area (Å²) in [6, 6.07) is 2.17. The molecule has 15 nitrogen and oxygen atoms in total. The number of aromatic nitrogens is 4. The Morgan fingerprint density at radius 3 is 2.69 bits per heavy atom. The summed E-state index contributed by atoms with van der Waals surface area (Å²) in [5.74, 6) is -3.70. The second-order valence-corrected chi connectivity index (χ2v) is 15.8. The number of aryl methyl sites for hydroxylation is 1. The molecule has 0 spiro atoms. The van der Waals surface area contributed by atoms with Gasteiger partial charge in [0.15, 0.2) is 5.82 Å². The normalized spacial score (nSPS) is 26.7. The van der Waals surface area contributed by atoms with Crippen molar-refractivity contribution in [2.24, 2.45) is 5.92 Å². The Bertz CT molecular complexity index is 2050. The summed E-state index contributed by atoms with van der Waals surface area (Å²) in [4.78, 5) is 73.6. The molecule has 17 heteroatoms. The maximum Gasteiger partial charge on any atom is 0.272 e. The Balaban J connectivity index is 1.20. The van der Waals surface area contributed by atoms with Gasteiger partial charge in [-0.25, -0.2) is 27.8 Å². The molecule has 3 aromatic rings. The molecule has 4 amide bonds. The Morgan fingerprint density at radius 2 is 1.92 bits per heavy atom. The van der Waals surface area contributed by atoms with Crippen molar-refractivity contribution in [3.05, 3.63) is 66.1 Å². The molecule has 3 N–H and O–H groups in total. The Morgan fingerprint density at radius 1 is 1.10 bits per heavy atom. The molecular formula is C35H39FN8O7S. The van der Waals surface area contributed by atoms with Crippen LogP contribution in [0.5, 0.6) is 5.88 Å². The van der Waals surface area contributed by atoms with Crippen molar-refractivity contribution in [3.8, 4) is 5.88 Å². The first-order valence-electron chi connectivity index (χ1n) is 17.5. The van der Waals surface area contributed by atoms with E-state index < -0.39 is 74.4 Å². The zero-order valence-electron chi connectivity index (χ0n) is 28.5. The number of fused-ring (bicyclic) bond motifs is 3. The average Bonchev–Trinajstić information content (AvgIpc) is 4.05.